The van der Waals surface area contributed by atoms with Crippen molar-refractivity contribution in [3.8, 4) is 0 Å². The average molecular weight is 529 g/mol. The van der Waals surface area contributed by atoms with E-state index in [1.54, 1.807) is 6.07 Å². The molecule has 10 heteroatoms. The Morgan fingerprint density at radius 3 is 2.81 bits per heavy atom. The quantitative estimate of drug-likeness (QED) is 0.455. The number of rotatable bonds is 6. The van der Waals surface area contributed by atoms with Gasteiger partial charge in [-0.3, -0.25) is 9.59 Å². The summed E-state index contributed by atoms with van der Waals surface area (Å²) < 4.78 is 0. The molecule has 3 unspecified atom stereocenters. The van der Waals surface area contributed by atoms with Crippen molar-refractivity contribution in [2.75, 3.05) is 34.2 Å². The van der Waals surface area contributed by atoms with Gasteiger partial charge >= 0.3 is 0 Å². The predicted octanol–water partition coefficient (Wildman–Crippen LogP) is 3.52. The van der Waals surface area contributed by atoms with Gasteiger partial charge in [0.2, 0.25) is 0 Å². The van der Waals surface area contributed by atoms with Crippen molar-refractivity contribution >= 4 is 45.7 Å². The van der Waals surface area contributed by atoms with E-state index in [2.05, 4.69) is 51.5 Å². The molecule has 192 valence electrons. The Hall–Kier alpha value is -2.46. The first kappa shape index (κ1) is 25.2. The van der Waals surface area contributed by atoms with Crippen molar-refractivity contribution in [2.45, 2.75) is 44.3 Å². The highest BCUT2D eigenvalue weighted by Crippen LogP contribution is 2.28. The van der Waals surface area contributed by atoms with Crippen LogP contribution in [0.25, 0.3) is 10.9 Å². The number of fused-ring (bicyclic) bond motifs is 2. The topological polar surface area (TPSA) is 93.4 Å². The molecule has 1 fully saturated rings. The zero-order valence-electron chi connectivity index (χ0n) is 20.9. The first-order chi connectivity index (χ1) is 17.2. The summed E-state index contributed by atoms with van der Waals surface area (Å²) in [6, 6.07) is 7.01. The lowest BCUT2D eigenvalue weighted by molar-refractivity contribution is 0.0834. The molecule has 5 rings (SSSR count). The Bertz CT molecular complexity index is 1270. The second kappa shape index (κ2) is 10.5. The second-order valence-electron chi connectivity index (χ2n) is 10.4. The first-order valence-corrected chi connectivity index (χ1v) is 13.7. The summed E-state index contributed by atoms with van der Waals surface area (Å²) in [6.07, 6.45) is 3.49. The number of halogens is 1. The Morgan fingerprint density at radius 2 is 2.00 bits per heavy atom. The van der Waals surface area contributed by atoms with Crippen LogP contribution in [0, 0.1) is 5.92 Å². The Labute approximate surface area is 220 Å². The number of H-pyrrole nitrogens is 1. The van der Waals surface area contributed by atoms with Crippen LogP contribution in [0.2, 0.25) is 5.02 Å². The number of likely N-dealkylation sites (N-methyl/N-ethyl adjacent to an activating group) is 1. The van der Waals surface area contributed by atoms with Crippen LogP contribution in [0.1, 0.15) is 50.1 Å². The fourth-order valence-corrected chi connectivity index (χ4v) is 6.67. The van der Waals surface area contributed by atoms with E-state index in [4.69, 9.17) is 11.6 Å². The molecule has 1 aliphatic carbocycles. The zero-order chi connectivity index (χ0) is 25.4. The van der Waals surface area contributed by atoms with Crippen LogP contribution in [0.4, 0.5) is 0 Å². The van der Waals surface area contributed by atoms with Gasteiger partial charge in [-0.05, 0) is 70.6 Å². The maximum atomic E-state index is 13.3. The third-order valence-electron chi connectivity index (χ3n) is 7.16. The Morgan fingerprint density at radius 1 is 1.19 bits per heavy atom. The van der Waals surface area contributed by atoms with Crippen molar-refractivity contribution in [2.24, 2.45) is 5.92 Å². The highest BCUT2D eigenvalue weighted by Gasteiger charge is 2.34. The van der Waals surface area contributed by atoms with Gasteiger partial charge in [-0.15, -0.1) is 11.3 Å². The van der Waals surface area contributed by atoms with Gasteiger partial charge in [0.1, 0.15) is 5.69 Å². The lowest BCUT2D eigenvalue weighted by Gasteiger charge is -2.37. The number of carbonyl (C=O) groups is 2. The van der Waals surface area contributed by atoms with Gasteiger partial charge in [0, 0.05) is 58.9 Å². The number of nitrogens with zero attached hydrogens (tertiary/aromatic N) is 3. The predicted molar refractivity (Wildman–Crippen MR) is 144 cm³/mol. The molecular weight excluding hydrogens is 496 g/mol. The molecule has 3 atom stereocenters. The van der Waals surface area contributed by atoms with Crippen molar-refractivity contribution in [1.82, 2.24) is 30.4 Å². The molecule has 3 aromatic rings. The lowest BCUT2D eigenvalue weighted by atomic mass is 9.81. The van der Waals surface area contributed by atoms with Crippen molar-refractivity contribution < 1.29 is 9.59 Å². The first-order valence-electron chi connectivity index (χ1n) is 12.5. The number of thiazole rings is 1. The van der Waals surface area contributed by atoms with Crippen molar-refractivity contribution in [3.05, 3.63) is 50.6 Å². The average Bonchev–Trinajstić information content (AvgIpc) is 3.44. The second-order valence-corrected chi connectivity index (χ2v) is 11.9. The summed E-state index contributed by atoms with van der Waals surface area (Å²) in [4.78, 5) is 39.9. The number of benzene rings is 1. The maximum Gasteiger partial charge on any atom is 0.280 e. The molecule has 3 heterocycles. The standard InChI is InChI=1S/C26H33ClN6O2S/c1-32(2)13-15-4-6-19(29-24(34)22-12-16-11-17(27)5-7-18(16)28-22)21(10-15)30-25(35)26-31-20-8-9-33(3)14-23(20)36-26/h5,7,11-12,15,19,21,28H,4,6,8-10,13-14H2,1-3H3,(H,29,34)(H,30,35). The van der Waals surface area contributed by atoms with Crippen LogP contribution in [0.15, 0.2) is 24.3 Å². The Balaban J connectivity index is 1.31. The monoisotopic (exact) mass is 528 g/mol. The molecule has 0 radical (unpaired) electrons. The van der Waals surface area contributed by atoms with Crippen LogP contribution in [0.5, 0.6) is 0 Å². The summed E-state index contributed by atoms with van der Waals surface area (Å²) in [5.74, 6) is 0.129. The molecule has 2 amide bonds. The molecule has 2 aliphatic rings. The summed E-state index contributed by atoms with van der Waals surface area (Å²) in [7, 11) is 6.23. The molecule has 0 spiro atoms. The number of nitrogens with one attached hydrogen (secondary N) is 3. The van der Waals surface area contributed by atoms with Crippen LogP contribution in [-0.4, -0.2) is 77.9 Å². The third-order valence-corrected chi connectivity index (χ3v) is 8.48. The van der Waals surface area contributed by atoms with E-state index >= 15 is 0 Å². The summed E-state index contributed by atoms with van der Waals surface area (Å²) in [5.41, 5.74) is 2.40. The van der Waals surface area contributed by atoms with Gasteiger partial charge in [-0.25, -0.2) is 4.98 Å². The van der Waals surface area contributed by atoms with E-state index < -0.39 is 0 Å². The fourth-order valence-electron chi connectivity index (χ4n) is 5.39. The number of hydrogen-bond donors (Lipinski definition) is 3. The van der Waals surface area contributed by atoms with Crippen LogP contribution in [-0.2, 0) is 13.0 Å². The summed E-state index contributed by atoms with van der Waals surface area (Å²) in [6.45, 7) is 2.75. The molecule has 1 aromatic carbocycles. The molecule has 1 aliphatic heterocycles. The van der Waals surface area contributed by atoms with Gasteiger partial charge in [-0.1, -0.05) is 11.6 Å². The number of amides is 2. The van der Waals surface area contributed by atoms with Gasteiger partial charge in [0.05, 0.1) is 5.69 Å². The fraction of sp³-hybridized carbons (Fsp3) is 0.500. The van der Waals surface area contributed by atoms with Crippen LogP contribution in [0.3, 0.4) is 0 Å². The third kappa shape index (κ3) is 5.59. The Kier molecular flexibility index (Phi) is 7.35. The highest BCUT2D eigenvalue weighted by atomic mass is 35.5. The van der Waals surface area contributed by atoms with E-state index in [-0.39, 0.29) is 23.9 Å². The van der Waals surface area contributed by atoms with Crippen molar-refractivity contribution in [3.63, 3.8) is 0 Å². The van der Waals surface area contributed by atoms with Gasteiger partial charge in [-0.2, -0.15) is 0 Å². The number of carbonyl (C=O) groups excluding carboxylic acids is 2. The van der Waals surface area contributed by atoms with E-state index in [0.717, 1.165) is 61.9 Å². The normalized spacial score (nSPS) is 22.5. The number of aromatic amines is 1. The smallest absolute Gasteiger partial charge is 0.280 e. The van der Waals surface area contributed by atoms with E-state index in [9.17, 15) is 9.59 Å². The minimum atomic E-state index is -0.176. The summed E-state index contributed by atoms with van der Waals surface area (Å²) in [5, 5.41) is 8.47. The van der Waals surface area contributed by atoms with Gasteiger partial charge in [0.15, 0.2) is 5.01 Å². The minimum Gasteiger partial charge on any atom is -0.351 e. The van der Waals surface area contributed by atoms with E-state index in [1.165, 1.54) is 16.2 Å². The molecule has 8 nitrogen and oxygen atoms in total. The van der Waals surface area contributed by atoms with Gasteiger partial charge < -0.3 is 25.4 Å². The molecule has 1 saturated carbocycles. The lowest BCUT2D eigenvalue weighted by Crippen LogP contribution is -2.55. The molecule has 2 aromatic heterocycles. The molecule has 0 bridgehead atoms. The highest BCUT2D eigenvalue weighted by molar-refractivity contribution is 7.13. The maximum absolute atomic E-state index is 13.3. The van der Waals surface area contributed by atoms with Crippen molar-refractivity contribution in [1.29, 1.82) is 0 Å². The van der Waals surface area contributed by atoms with E-state index in [0.29, 0.717) is 21.6 Å². The van der Waals surface area contributed by atoms with Gasteiger partial charge in [0.25, 0.3) is 11.8 Å². The minimum absolute atomic E-state index is 0.146. The van der Waals surface area contributed by atoms with E-state index in [1.807, 2.05) is 18.2 Å². The molecule has 3 N–H and O–H groups in total. The van der Waals surface area contributed by atoms with Crippen LogP contribution < -0.4 is 10.6 Å². The molecular formula is C26H33ClN6O2S. The van der Waals surface area contributed by atoms with Crippen LogP contribution >= 0.6 is 22.9 Å². The summed E-state index contributed by atoms with van der Waals surface area (Å²) >= 11 is 7.59. The number of aromatic nitrogens is 2. The molecule has 36 heavy (non-hydrogen) atoms. The SMILES string of the molecule is CN(C)CC1CCC(NC(=O)c2cc3cc(Cl)ccc3[nH]2)C(NC(=O)c2nc3c(s2)CN(C)CC3)C1. The number of hydrogen-bond acceptors (Lipinski definition) is 6. The molecule has 0 saturated heterocycles. The zero-order valence-corrected chi connectivity index (χ0v) is 22.5. The largest absolute Gasteiger partial charge is 0.351 e.